The number of aromatic nitrogens is 2. The molecular formula is C20H16ClN3O3S. The predicted octanol–water partition coefficient (Wildman–Crippen LogP) is 4.62. The first-order valence-electron chi connectivity index (χ1n) is 8.96. The summed E-state index contributed by atoms with van der Waals surface area (Å²) in [6.07, 6.45) is 2.26. The zero-order valence-corrected chi connectivity index (χ0v) is 16.3. The Balaban J connectivity index is 1.33. The SMILES string of the molecule is O=C(CSc1nc(C2CC2)nc2ccccc12)Nc1cc2c(cc1Cl)OCO2. The molecule has 0 atom stereocenters. The molecule has 3 aromatic rings. The van der Waals surface area contributed by atoms with E-state index in [1.165, 1.54) is 11.8 Å². The molecule has 0 unspecified atom stereocenters. The van der Waals surface area contributed by atoms with Gasteiger partial charge in [-0.05, 0) is 18.9 Å². The molecule has 1 amide bonds. The number of hydrogen-bond donors (Lipinski definition) is 1. The quantitative estimate of drug-likeness (QED) is 0.486. The number of halogens is 1. The van der Waals surface area contributed by atoms with E-state index in [1.54, 1.807) is 12.1 Å². The molecule has 1 fully saturated rings. The van der Waals surface area contributed by atoms with Gasteiger partial charge in [-0.3, -0.25) is 4.79 Å². The van der Waals surface area contributed by atoms with Gasteiger partial charge in [-0.2, -0.15) is 0 Å². The third-order valence-electron chi connectivity index (χ3n) is 4.60. The van der Waals surface area contributed by atoms with E-state index in [9.17, 15) is 4.79 Å². The van der Waals surface area contributed by atoms with Gasteiger partial charge < -0.3 is 14.8 Å². The largest absolute Gasteiger partial charge is 0.454 e. The first kappa shape index (κ1) is 17.6. The summed E-state index contributed by atoms with van der Waals surface area (Å²) >= 11 is 7.64. The topological polar surface area (TPSA) is 73.3 Å². The highest BCUT2D eigenvalue weighted by Gasteiger charge is 2.27. The van der Waals surface area contributed by atoms with Gasteiger partial charge >= 0.3 is 0 Å². The number of amides is 1. The molecule has 0 radical (unpaired) electrons. The summed E-state index contributed by atoms with van der Waals surface area (Å²) in [5.74, 6) is 2.53. The second-order valence-electron chi connectivity index (χ2n) is 6.70. The third-order valence-corrected chi connectivity index (χ3v) is 5.91. The van der Waals surface area contributed by atoms with Crippen LogP contribution in [0.1, 0.15) is 24.6 Å². The number of carbonyl (C=O) groups excluding carboxylic acids is 1. The molecule has 6 nitrogen and oxygen atoms in total. The monoisotopic (exact) mass is 413 g/mol. The molecule has 142 valence electrons. The highest BCUT2D eigenvalue weighted by Crippen LogP contribution is 2.40. The van der Waals surface area contributed by atoms with Crippen molar-refractivity contribution in [1.82, 2.24) is 9.97 Å². The van der Waals surface area contributed by atoms with Crippen molar-refractivity contribution in [1.29, 1.82) is 0 Å². The molecule has 2 aromatic carbocycles. The van der Waals surface area contributed by atoms with Crippen molar-refractivity contribution in [3.8, 4) is 11.5 Å². The van der Waals surface area contributed by atoms with Crippen LogP contribution in [0.4, 0.5) is 5.69 Å². The van der Waals surface area contributed by atoms with E-state index < -0.39 is 0 Å². The Morgan fingerprint density at radius 1 is 1.18 bits per heavy atom. The lowest BCUT2D eigenvalue weighted by molar-refractivity contribution is -0.113. The van der Waals surface area contributed by atoms with Gasteiger partial charge in [0.05, 0.1) is 22.0 Å². The van der Waals surface area contributed by atoms with E-state index in [1.807, 2.05) is 24.3 Å². The lowest BCUT2D eigenvalue weighted by Gasteiger charge is -2.10. The number of hydrogen-bond acceptors (Lipinski definition) is 6. The molecule has 1 N–H and O–H groups in total. The number of rotatable bonds is 5. The molecule has 2 heterocycles. The zero-order valence-electron chi connectivity index (χ0n) is 14.8. The van der Waals surface area contributed by atoms with Crippen molar-refractivity contribution in [3.63, 3.8) is 0 Å². The minimum atomic E-state index is -0.165. The van der Waals surface area contributed by atoms with Gasteiger partial charge in [-0.15, -0.1) is 0 Å². The maximum Gasteiger partial charge on any atom is 0.234 e. The van der Waals surface area contributed by atoms with Crippen LogP contribution in [-0.2, 0) is 4.79 Å². The molecule has 1 aliphatic carbocycles. The second-order valence-corrected chi connectivity index (χ2v) is 8.07. The van der Waals surface area contributed by atoms with Gasteiger partial charge in [-0.25, -0.2) is 9.97 Å². The van der Waals surface area contributed by atoms with Crippen LogP contribution in [0.25, 0.3) is 10.9 Å². The molecule has 5 rings (SSSR count). The number of carbonyl (C=O) groups is 1. The molecule has 8 heteroatoms. The van der Waals surface area contributed by atoms with Gasteiger partial charge in [-0.1, -0.05) is 41.6 Å². The Hall–Kier alpha value is -2.51. The number of nitrogens with zero attached hydrogens (tertiary/aromatic N) is 2. The van der Waals surface area contributed by atoms with Crippen molar-refractivity contribution < 1.29 is 14.3 Å². The number of anilines is 1. The minimum Gasteiger partial charge on any atom is -0.454 e. The molecule has 0 saturated heterocycles. The Labute approximate surface area is 170 Å². The second kappa shape index (κ2) is 7.14. The fraction of sp³-hybridized carbons (Fsp3) is 0.250. The lowest BCUT2D eigenvalue weighted by atomic mass is 10.2. The fourth-order valence-corrected chi connectivity index (χ4v) is 4.06. The van der Waals surface area contributed by atoms with E-state index in [0.717, 1.165) is 34.6 Å². The molecule has 1 aliphatic heterocycles. The van der Waals surface area contributed by atoms with E-state index in [2.05, 4.69) is 10.3 Å². The number of para-hydroxylation sites is 1. The first-order valence-corrected chi connectivity index (χ1v) is 10.3. The first-order chi connectivity index (χ1) is 13.7. The highest BCUT2D eigenvalue weighted by atomic mass is 35.5. The van der Waals surface area contributed by atoms with E-state index in [0.29, 0.717) is 28.1 Å². The summed E-state index contributed by atoms with van der Waals surface area (Å²) in [5.41, 5.74) is 1.42. The Morgan fingerprint density at radius 2 is 1.96 bits per heavy atom. The maximum absolute atomic E-state index is 12.5. The standard InChI is InChI=1S/C20H16ClN3O3S/c21-13-7-16-17(27-10-26-16)8-15(13)22-18(25)9-28-20-12-3-1-2-4-14(12)23-19(24-20)11-5-6-11/h1-4,7-8,11H,5-6,9-10H2,(H,22,25). The number of thioether (sulfide) groups is 1. The Morgan fingerprint density at radius 3 is 2.79 bits per heavy atom. The number of fused-ring (bicyclic) bond motifs is 2. The number of ether oxygens (including phenoxy) is 2. The summed E-state index contributed by atoms with van der Waals surface area (Å²) in [7, 11) is 0. The summed E-state index contributed by atoms with van der Waals surface area (Å²) in [4.78, 5) is 21.9. The molecule has 1 aromatic heterocycles. The molecule has 1 saturated carbocycles. The van der Waals surface area contributed by atoms with Crippen molar-refractivity contribution >= 4 is 45.9 Å². The average Bonchev–Trinajstić information content (AvgIpc) is 3.46. The van der Waals surface area contributed by atoms with Crippen LogP contribution in [0.15, 0.2) is 41.4 Å². The lowest BCUT2D eigenvalue weighted by Crippen LogP contribution is -2.14. The van der Waals surface area contributed by atoms with Gasteiger partial charge in [0, 0.05) is 23.4 Å². The van der Waals surface area contributed by atoms with E-state index >= 15 is 0 Å². The predicted molar refractivity (Wildman–Crippen MR) is 108 cm³/mol. The maximum atomic E-state index is 12.5. The molecule has 28 heavy (non-hydrogen) atoms. The van der Waals surface area contributed by atoms with Crippen molar-refractivity contribution in [2.45, 2.75) is 23.8 Å². The smallest absolute Gasteiger partial charge is 0.234 e. The van der Waals surface area contributed by atoms with Crippen molar-refractivity contribution in [2.24, 2.45) is 0 Å². The Bertz CT molecular complexity index is 1090. The van der Waals surface area contributed by atoms with Crippen LogP contribution in [0.5, 0.6) is 11.5 Å². The Kier molecular flexibility index (Phi) is 4.49. The van der Waals surface area contributed by atoms with Gasteiger partial charge in [0.15, 0.2) is 11.5 Å². The summed E-state index contributed by atoms with van der Waals surface area (Å²) in [6.45, 7) is 0.156. The fourth-order valence-electron chi connectivity index (χ4n) is 3.03. The van der Waals surface area contributed by atoms with Crippen LogP contribution in [-0.4, -0.2) is 28.4 Å². The van der Waals surface area contributed by atoms with Gasteiger partial charge in [0.25, 0.3) is 0 Å². The van der Waals surface area contributed by atoms with Crippen LogP contribution in [0.2, 0.25) is 5.02 Å². The molecule has 0 bridgehead atoms. The van der Waals surface area contributed by atoms with Crippen LogP contribution < -0.4 is 14.8 Å². The average molecular weight is 414 g/mol. The number of benzene rings is 2. The van der Waals surface area contributed by atoms with Gasteiger partial charge in [0.2, 0.25) is 12.7 Å². The molecule has 2 aliphatic rings. The van der Waals surface area contributed by atoms with E-state index in [4.69, 9.17) is 26.1 Å². The summed E-state index contributed by atoms with van der Waals surface area (Å²) in [6, 6.07) is 11.2. The minimum absolute atomic E-state index is 0.156. The van der Waals surface area contributed by atoms with E-state index in [-0.39, 0.29) is 18.5 Å². The highest BCUT2D eigenvalue weighted by molar-refractivity contribution is 8.00. The third kappa shape index (κ3) is 3.47. The summed E-state index contributed by atoms with van der Waals surface area (Å²) < 4.78 is 10.6. The molecular weight excluding hydrogens is 398 g/mol. The zero-order chi connectivity index (χ0) is 19.1. The van der Waals surface area contributed by atoms with Gasteiger partial charge in [0.1, 0.15) is 10.9 Å². The number of nitrogens with one attached hydrogen (secondary N) is 1. The molecule has 0 spiro atoms. The van der Waals surface area contributed by atoms with Crippen molar-refractivity contribution in [3.05, 3.63) is 47.2 Å². The normalized spacial score (nSPS) is 15.0. The van der Waals surface area contributed by atoms with Crippen LogP contribution in [0, 0.1) is 0 Å². The van der Waals surface area contributed by atoms with Crippen molar-refractivity contribution in [2.75, 3.05) is 17.9 Å². The van der Waals surface area contributed by atoms with Crippen LogP contribution in [0.3, 0.4) is 0 Å². The summed E-state index contributed by atoms with van der Waals surface area (Å²) in [5, 5.41) is 5.04. The van der Waals surface area contributed by atoms with Crippen LogP contribution >= 0.6 is 23.4 Å².